The number of carbonyl (C=O) groups is 2. The molecular weight excluding hydrogens is 304 g/mol. The smallest absolute Gasteiger partial charge is 0.234 e. The van der Waals surface area contributed by atoms with E-state index in [1.54, 1.807) is 30.6 Å². The first kappa shape index (κ1) is 18.1. The van der Waals surface area contributed by atoms with Crippen molar-refractivity contribution in [1.82, 2.24) is 15.2 Å². The van der Waals surface area contributed by atoms with Crippen LogP contribution in [0.15, 0.2) is 16.6 Å². The largest absolute Gasteiger partial charge is 0.370 e. The van der Waals surface area contributed by atoms with Crippen LogP contribution in [-0.2, 0) is 4.79 Å². The van der Waals surface area contributed by atoms with Gasteiger partial charge in [-0.2, -0.15) is 0 Å². The third-order valence-corrected chi connectivity index (χ3v) is 3.49. The van der Waals surface area contributed by atoms with Gasteiger partial charge in [-0.3, -0.25) is 14.6 Å². The van der Waals surface area contributed by atoms with Crippen LogP contribution in [0.4, 0.5) is 0 Å². The molecule has 1 amide bonds. The second-order valence-corrected chi connectivity index (χ2v) is 5.90. The number of amides is 1. The molecule has 22 heavy (non-hydrogen) atoms. The van der Waals surface area contributed by atoms with Gasteiger partial charge in [0.1, 0.15) is 0 Å². The Bertz CT molecular complexity index is 511. The number of aromatic nitrogens is 1. The van der Waals surface area contributed by atoms with E-state index in [0.717, 1.165) is 0 Å². The van der Waals surface area contributed by atoms with Crippen LogP contribution in [0.1, 0.15) is 22.6 Å². The number of hydrogen-bond donors (Lipinski definition) is 3. The van der Waals surface area contributed by atoms with Gasteiger partial charge in [0.15, 0.2) is 11.0 Å². The Morgan fingerprint density at radius 3 is 2.73 bits per heavy atom. The molecule has 0 saturated heterocycles. The second-order valence-electron chi connectivity index (χ2n) is 5.01. The first-order valence-corrected chi connectivity index (χ1v) is 7.71. The minimum absolute atomic E-state index is 0.0134. The number of guanidine groups is 1. The summed E-state index contributed by atoms with van der Waals surface area (Å²) in [6, 6.07) is -0.618. The standard InChI is InChI=1S/C13H22N6O2S/c1-19(2)8-10(20)18-9(4-3-5-17-13(14)15)11(21)12-16-6-7-22-12/h6-7,9H,3-5,8H2,1-2H3,(H,18,20)(H4,14,15,17)/t9-/m0/s1. The van der Waals surface area contributed by atoms with E-state index in [4.69, 9.17) is 11.5 Å². The molecule has 1 aromatic heterocycles. The summed E-state index contributed by atoms with van der Waals surface area (Å²) < 4.78 is 0. The molecule has 0 aliphatic heterocycles. The van der Waals surface area contributed by atoms with Gasteiger partial charge in [-0.1, -0.05) is 0 Å². The van der Waals surface area contributed by atoms with Crippen molar-refractivity contribution in [2.24, 2.45) is 16.5 Å². The van der Waals surface area contributed by atoms with Crippen LogP contribution in [0.25, 0.3) is 0 Å². The van der Waals surface area contributed by atoms with E-state index < -0.39 is 6.04 Å². The van der Waals surface area contributed by atoms with Crippen molar-refractivity contribution >= 4 is 29.0 Å². The van der Waals surface area contributed by atoms with Crippen molar-refractivity contribution in [3.63, 3.8) is 0 Å². The molecule has 0 fully saturated rings. The van der Waals surface area contributed by atoms with Crippen LogP contribution < -0.4 is 16.8 Å². The number of nitrogens with two attached hydrogens (primary N) is 2. The molecule has 0 aliphatic carbocycles. The maximum atomic E-state index is 12.4. The van der Waals surface area contributed by atoms with Crippen LogP contribution in [-0.4, -0.2) is 60.8 Å². The van der Waals surface area contributed by atoms with Crippen LogP contribution >= 0.6 is 11.3 Å². The number of rotatable bonds is 9. The third kappa shape index (κ3) is 6.64. The number of ketones is 1. The maximum Gasteiger partial charge on any atom is 0.234 e. The fraction of sp³-hybridized carbons (Fsp3) is 0.538. The lowest BCUT2D eigenvalue weighted by atomic mass is 10.1. The van der Waals surface area contributed by atoms with Gasteiger partial charge in [-0.05, 0) is 26.9 Å². The summed E-state index contributed by atoms with van der Waals surface area (Å²) in [7, 11) is 3.58. The van der Waals surface area contributed by atoms with Gasteiger partial charge in [0.25, 0.3) is 0 Å². The van der Waals surface area contributed by atoms with Crippen molar-refractivity contribution in [3.05, 3.63) is 16.6 Å². The summed E-state index contributed by atoms with van der Waals surface area (Å²) in [5, 5.41) is 4.86. The maximum absolute atomic E-state index is 12.4. The van der Waals surface area contributed by atoms with Gasteiger partial charge in [0, 0.05) is 18.1 Å². The minimum atomic E-state index is -0.618. The molecule has 1 aromatic rings. The highest BCUT2D eigenvalue weighted by atomic mass is 32.1. The van der Waals surface area contributed by atoms with Crippen LogP contribution in [0, 0.1) is 0 Å². The average molecular weight is 326 g/mol. The van der Waals surface area contributed by atoms with Crippen molar-refractivity contribution in [1.29, 1.82) is 0 Å². The Labute approximate surface area is 133 Å². The highest BCUT2D eigenvalue weighted by Gasteiger charge is 2.23. The zero-order chi connectivity index (χ0) is 16.5. The van der Waals surface area contributed by atoms with Gasteiger partial charge >= 0.3 is 0 Å². The van der Waals surface area contributed by atoms with Crippen molar-refractivity contribution in [3.8, 4) is 0 Å². The summed E-state index contributed by atoms with van der Waals surface area (Å²) in [5.74, 6) is -0.381. The Morgan fingerprint density at radius 1 is 1.45 bits per heavy atom. The average Bonchev–Trinajstić information content (AvgIpc) is 2.94. The van der Waals surface area contributed by atoms with E-state index in [1.807, 2.05) is 0 Å². The number of nitrogens with zero attached hydrogens (tertiary/aromatic N) is 3. The molecule has 0 bridgehead atoms. The SMILES string of the molecule is CN(C)CC(=O)N[C@@H](CCCN=C(N)N)C(=O)c1nccs1. The molecule has 0 unspecified atom stereocenters. The van der Waals surface area contributed by atoms with E-state index >= 15 is 0 Å². The predicted octanol–water partition coefficient (Wildman–Crippen LogP) is -0.574. The fourth-order valence-corrected chi connectivity index (χ4v) is 2.42. The molecule has 1 rings (SSSR count). The summed E-state index contributed by atoms with van der Waals surface area (Å²) in [5.41, 5.74) is 10.5. The highest BCUT2D eigenvalue weighted by Crippen LogP contribution is 2.11. The number of carbonyl (C=O) groups excluding carboxylic acids is 2. The van der Waals surface area contributed by atoms with E-state index in [2.05, 4.69) is 15.3 Å². The molecule has 9 heteroatoms. The normalized spacial score (nSPS) is 12.0. The Kier molecular flexibility index (Phi) is 7.47. The van der Waals surface area contributed by atoms with Gasteiger partial charge in [0.05, 0.1) is 12.6 Å². The first-order valence-electron chi connectivity index (χ1n) is 6.83. The van der Waals surface area contributed by atoms with Gasteiger partial charge < -0.3 is 21.7 Å². The first-order chi connectivity index (χ1) is 10.4. The molecular formula is C13H22N6O2S. The van der Waals surface area contributed by atoms with Gasteiger partial charge in [-0.15, -0.1) is 11.3 Å². The third-order valence-electron chi connectivity index (χ3n) is 2.70. The molecule has 122 valence electrons. The number of Topliss-reactive ketones (excluding diaryl/α,β-unsaturated/α-hetero) is 1. The lowest BCUT2D eigenvalue weighted by molar-refractivity contribution is -0.122. The van der Waals surface area contributed by atoms with Crippen LogP contribution in [0.5, 0.6) is 0 Å². The lowest BCUT2D eigenvalue weighted by Crippen LogP contribution is -2.44. The van der Waals surface area contributed by atoms with Gasteiger partial charge in [0.2, 0.25) is 11.7 Å². The van der Waals surface area contributed by atoms with Crippen LogP contribution in [0.2, 0.25) is 0 Å². The summed E-state index contributed by atoms with van der Waals surface area (Å²) in [6.45, 7) is 0.628. The molecule has 0 radical (unpaired) electrons. The predicted molar refractivity (Wildman–Crippen MR) is 86.8 cm³/mol. The number of hydrogen-bond acceptors (Lipinski definition) is 6. The van der Waals surface area contributed by atoms with E-state index in [-0.39, 0.29) is 24.2 Å². The van der Waals surface area contributed by atoms with Crippen LogP contribution in [0.3, 0.4) is 0 Å². The number of likely N-dealkylation sites (N-methyl/N-ethyl adjacent to an activating group) is 1. The number of thiazole rings is 1. The molecule has 1 heterocycles. The molecule has 0 spiro atoms. The summed E-state index contributed by atoms with van der Waals surface area (Å²) in [6.07, 6.45) is 2.60. The Balaban J connectivity index is 2.65. The summed E-state index contributed by atoms with van der Waals surface area (Å²) >= 11 is 1.25. The molecule has 5 N–H and O–H groups in total. The Hall–Kier alpha value is -2.00. The van der Waals surface area contributed by atoms with E-state index in [9.17, 15) is 9.59 Å². The number of nitrogens with one attached hydrogen (secondary N) is 1. The minimum Gasteiger partial charge on any atom is -0.370 e. The highest BCUT2D eigenvalue weighted by molar-refractivity contribution is 7.11. The topological polar surface area (TPSA) is 127 Å². The van der Waals surface area contributed by atoms with E-state index in [1.165, 1.54) is 11.3 Å². The monoisotopic (exact) mass is 326 g/mol. The zero-order valence-corrected chi connectivity index (χ0v) is 13.6. The van der Waals surface area contributed by atoms with E-state index in [0.29, 0.717) is 24.4 Å². The fourth-order valence-electron chi connectivity index (χ4n) is 1.79. The molecule has 0 saturated carbocycles. The lowest BCUT2D eigenvalue weighted by Gasteiger charge is -2.18. The molecule has 1 atom stereocenters. The molecule has 0 aromatic carbocycles. The summed E-state index contributed by atoms with van der Waals surface area (Å²) in [4.78, 5) is 33.9. The van der Waals surface area contributed by atoms with Crippen molar-refractivity contribution < 1.29 is 9.59 Å². The quantitative estimate of drug-likeness (QED) is 0.241. The molecule has 0 aliphatic rings. The molecule has 8 nitrogen and oxygen atoms in total. The number of aliphatic imine (C=N–C) groups is 1. The van der Waals surface area contributed by atoms with Gasteiger partial charge in [-0.25, -0.2) is 4.98 Å². The second kappa shape index (κ2) is 9.11. The van der Waals surface area contributed by atoms with Crippen molar-refractivity contribution in [2.45, 2.75) is 18.9 Å². The van der Waals surface area contributed by atoms with Crippen molar-refractivity contribution in [2.75, 3.05) is 27.2 Å². The Morgan fingerprint density at radius 2 is 2.18 bits per heavy atom. The zero-order valence-electron chi connectivity index (χ0n) is 12.8.